The molecule has 1 aromatic rings. The number of amides is 1. The second kappa shape index (κ2) is 8.41. The summed E-state index contributed by atoms with van der Waals surface area (Å²) in [4.78, 5) is 24.7. The number of carbonyl (C=O) groups is 2. The van der Waals surface area contributed by atoms with Crippen LogP contribution in [-0.2, 0) is 9.59 Å². The van der Waals surface area contributed by atoms with Gasteiger partial charge in [0.25, 0.3) is 5.91 Å². The third-order valence-corrected chi connectivity index (χ3v) is 4.06. The fraction of sp³-hybridized carbons (Fsp3) is 0.529. The topological polar surface area (TPSA) is 76.1 Å². The fourth-order valence-electron chi connectivity index (χ4n) is 2.82. The van der Waals surface area contributed by atoms with E-state index < -0.39 is 5.97 Å². The minimum Gasteiger partial charge on any atom is -0.493 e. The average Bonchev–Trinajstić information content (AvgIpc) is 2.58. The zero-order valence-electron chi connectivity index (χ0n) is 13.4. The molecule has 1 amide bonds. The molecule has 0 unspecified atom stereocenters. The molecule has 1 saturated heterocycles. The summed E-state index contributed by atoms with van der Waals surface area (Å²) in [6.45, 7) is 1.28. The van der Waals surface area contributed by atoms with E-state index in [0.29, 0.717) is 31.0 Å². The van der Waals surface area contributed by atoms with Crippen LogP contribution in [0.25, 0.3) is 0 Å². The Bertz CT molecular complexity index is 546. The van der Waals surface area contributed by atoms with Crippen molar-refractivity contribution in [3.63, 3.8) is 0 Å². The number of carboxylic acids is 1. The molecule has 0 aliphatic carbocycles. The van der Waals surface area contributed by atoms with E-state index in [1.165, 1.54) is 0 Å². The Labute approximate surface area is 136 Å². The van der Waals surface area contributed by atoms with E-state index >= 15 is 0 Å². The summed E-state index contributed by atoms with van der Waals surface area (Å²) >= 11 is 0. The number of piperidine rings is 1. The summed E-state index contributed by atoms with van der Waals surface area (Å²) < 4.78 is 10.8. The maximum Gasteiger partial charge on any atom is 0.303 e. The Hall–Kier alpha value is -2.24. The molecule has 1 atom stereocenters. The number of aliphatic carboxylic acids is 1. The van der Waals surface area contributed by atoms with Gasteiger partial charge in [0.05, 0.1) is 7.11 Å². The molecule has 0 bridgehead atoms. The van der Waals surface area contributed by atoms with E-state index in [9.17, 15) is 9.59 Å². The van der Waals surface area contributed by atoms with Gasteiger partial charge >= 0.3 is 5.97 Å². The number of rotatable bonds is 7. The van der Waals surface area contributed by atoms with E-state index in [1.54, 1.807) is 24.1 Å². The van der Waals surface area contributed by atoms with Gasteiger partial charge in [0.2, 0.25) is 0 Å². The standard InChI is InChI=1S/C17H23NO5/c1-22-14-6-2-3-7-15(14)23-12-16(19)18-10-4-5-13(11-18)8-9-17(20)21/h2-3,6-7,13H,4-5,8-12H2,1H3,(H,20,21)/t13-/m0/s1. The van der Waals surface area contributed by atoms with Crippen LogP contribution < -0.4 is 9.47 Å². The minimum absolute atomic E-state index is 0.0357. The van der Waals surface area contributed by atoms with Gasteiger partial charge < -0.3 is 19.5 Å². The lowest BCUT2D eigenvalue weighted by Crippen LogP contribution is -2.42. The summed E-state index contributed by atoms with van der Waals surface area (Å²) in [5.74, 6) is 0.542. The van der Waals surface area contributed by atoms with Crippen LogP contribution in [0.2, 0.25) is 0 Å². The highest BCUT2D eigenvalue weighted by atomic mass is 16.5. The summed E-state index contributed by atoms with van der Waals surface area (Å²) in [5, 5.41) is 8.77. The van der Waals surface area contributed by atoms with E-state index in [2.05, 4.69) is 0 Å². The molecule has 6 heteroatoms. The van der Waals surface area contributed by atoms with Crippen molar-refractivity contribution in [2.24, 2.45) is 5.92 Å². The van der Waals surface area contributed by atoms with Gasteiger partial charge in [-0.15, -0.1) is 0 Å². The minimum atomic E-state index is -0.784. The first kappa shape index (κ1) is 17.1. The summed E-state index contributed by atoms with van der Waals surface area (Å²) in [6, 6.07) is 7.21. The number of carboxylic acid groups (broad SMARTS) is 1. The highest BCUT2D eigenvalue weighted by molar-refractivity contribution is 5.78. The van der Waals surface area contributed by atoms with Crippen LogP contribution in [-0.4, -0.2) is 48.7 Å². The van der Waals surface area contributed by atoms with Crippen LogP contribution in [0.3, 0.4) is 0 Å². The number of hydrogen-bond acceptors (Lipinski definition) is 4. The number of benzene rings is 1. The lowest BCUT2D eigenvalue weighted by atomic mass is 9.93. The Morgan fingerprint density at radius 2 is 2.04 bits per heavy atom. The Morgan fingerprint density at radius 1 is 1.30 bits per heavy atom. The van der Waals surface area contributed by atoms with Crippen LogP contribution in [0.4, 0.5) is 0 Å². The van der Waals surface area contributed by atoms with Gasteiger partial charge in [0, 0.05) is 19.5 Å². The molecule has 1 aliphatic heterocycles. The number of likely N-dealkylation sites (tertiary alicyclic amines) is 1. The molecule has 1 aromatic carbocycles. The molecule has 126 valence electrons. The first-order valence-electron chi connectivity index (χ1n) is 7.85. The number of hydrogen-bond donors (Lipinski definition) is 1. The first-order chi connectivity index (χ1) is 11.1. The van der Waals surface area contributed by atoms with Crippen molar-refractivity contribution in [2.75, 3.05) is 26.8 Å². The summed E-state index contributed by atoms with van der Waals surface area (Å²) in [7, 11) is 1.56. The Morgan fingerprint density at radius 3 is 2.74 bits per heavy atom. The molecule has 1 heterocycles. The third kappa shape index (κ3) is 5.16. The van der Waals surface area contributed by atoms with Crippen molar-refractivity contribution in [3.8, 4) is 11.5 Å². The highest BCUT2D eigenvalue weighted by Gasteiger charge is 2.24. The fourth-order valence-corrected chi connectivity index (χ4v) is 2.82. The smallest absolute Gasteiger partial charge is 0.303 e. The van der Waals surface area contributed by atoms with Crippen LogP contribution in [0.5, 0.6) is 11.5 Å². The van der Waals surface area contributed by atoms with E-state index in [-0.39, 0.29) is 24.9 Å². The second-order valence-corrected chi connectivity index (χ2v) is 5.72. The number of methoxy groups -OCH3 is 1. The molecule has 0 saturated carbocycles. The number of para-hydroxylation sites is 2. The quantitative estimate of drug-likeness (QED) is 0.833. The van der Waals surface area contributed by atoms with Crippen molar-refractivity contribution in [1.82, 2.24) is 4.90 Å². The van der Waals surface area contributed by atoms with E-state index in [0.717, 1.165) is 12.8 Å². The van der Waals surface area contributed by atoms with Crippen LogP contribution >= 0.6 is 0 Å². The molecule has 1 fully saturated rings. The molecule has 2 rings (SSSR count). The lowest BCUT2D eigenvalue weighted by Gasteiger charge is -2.32. The maximum atomic E-state index is 12.3. The van der Waals surface area contributed by atoms with E-state index in [4.69, 9.17) is 14.6 Å². The van der Waals surface area contributed by atoms with Crippen molar-refractivity contribution in [3.05, 3.63) is 24.3 Å². The average molecular weight is 321 g/mol. The predicted molar refractivity (Wildman–Crippen MR) is 84.7 cm³/mol. The molecule has 1 N–H and O–H groups in total. The van der Waals surface area contributed by atoms with Crippen molar-refractivity contribution in [2.45, 2.75) is 25.7 Å². The Balaban J connectivity index is 1.84. The van der Waals surface area contributed by atoms with E-state index in [1.807, 2.05) is 12.1 Å². The van der Waals surface area contributed by atoms with Crippen LogP contribution in [0, 0.1) is 5.92 Å². The first-order valence-corrected chi connectivity index (χ1v) is 7.85. The highest BCUT2D eigenvalue weighted by Crippen LogP contribution is 2.26. The molecular weight excluding hydrogens is 298 g/mol. The van der Waals surface area contributed by atoms with Crippen molar-refractivity contribution < 1.29 is 24.2 Å². The van der Waals surface area contributed by atoms with Gasteiger partial charge in [0.15, 0.2) is 18.1 Å². The molecule has 6 nitrogen and oxygen atoms in total. The number of nitrogens with zero attached hydrogens (tertiary/aromatic N) is 1. The molecule has 0 aromatic heterocycles. The molecular formula is C17H23NO5. The molecule has 23 heavy (non-hydrogen) atoms. The molecule has 1 aliphatic rings. The third-order valence-electron chi connectivity index (χ3n) is 4.06. The predicted octanol–water partition coefficient (Wildman–Crippen LogP) is 2.18. The molecule has 0 spiro atoms. The van der Waals surface area contributed by atoms with Gasteiger partial charge in [-0.3, -0.25) is 9.59 Å². The number of ether oxygens (including phenoxy) is 2. The molecule has 0 radical (unpaired) electrons. The monoisotopic (exact) mass is 321 g/mol. The zero-order valence-corrected chi connectivity index (χ0v) is 13.4. The zero-order chi connectivity index (χ0) is 16.7. The van der Waals surface area contributed by atoms with Gasteiger partial charge in [-0.2, -0.15) is 0 Å². The Kier molecular flexibility index (Phi) is 6.26. The maximum absolute atomic E-state index is 12.3. The van der Waals surface area contributed by atoms with Crippen LogP contribution in [0.15, 0.2) is 24.3 Å². The van der Waals surface area contributed by atoms with Crippen molar-refractivity contribution in [1.29, 1.82) is 0 Å². The van der Waals surface area contributed by atoms with Crippen LogP contribution in [0.1, 0.15) is 25.7 Å². The summed E-state index contributed by atoms with van der Waals surface area (Å²) in [5.41, 5.74) is 0. The SMILES string of the molecule is COc1ccccc1OCC(=O)N1CCC[C@@H](CCC(=O)O)C1. The van der Waals surface area contributed by atoms with Gasteiger partial charge in [-0.1, -0.05) is 12.1 Å². The largest absolute Gasteiger partial charge is 0.493 e. The lowest BCUT2D eigenvalue weighted by molar-refractivity contribution is -0.137. The van der Waals surface area contributed by atoms with Gasteiger partial charge in [-0.25, -0.2) is 0 Å². The summed E-state index contributed by atoms with van der Waals surface area (Å²) in [6.07, 6.45) is 2.66. The van der Waals surface area contributed by atoms with Gasteiger partial charge in [-0.05, 0) is 37.3 Å². The van der Waals surface area contributed by atoms with Crippen molar-refractivity contribution >= 4 is 11.9 Å². The second-order valence-electron chi connectivity index (χ2n) is 5.72. The van der Waals surface area contributed by atoms with Gasteiger partial charge in [0.1, 0.15) is 0 Å². The normalized spacial score (nSPS) is 17.6. The number of carbonyl (C=O) groups excluding carboxylic acids is 1.